The quantitative estimate of drug-likeness (QED) is 0.883. The lowest BCUT2D eigenvalue weighted by Crippen LogP contribution is -2.31. The van der Waals surface area contributed by atoms with Crippen LogP contribution in [0.25, 0.3) is 0 Å². The van der Waals surface area contributed by atoms with Gasteiger partial charge in [-0.1, -0.05) is 29.8 Å². The minimum absolute atomic E-state index is 0.0121. The first-order valence-corrected chi connectivity index (χ1v) is 8.97. The Morgan fingerprint density at radius 3 is 2.60 bits per heavy atom. The van der Waals surface area contributed by atoms with Gasteiger partial charge in [0.15, 0.2) is 6.61 Å². The molecule has 1 saturated heterocycles. The molecule has 2 aromatic rings. The van der Waals surface area contributed by atoms with Gasteiger partial charge in [0, 0.05) is 13.1 Å². The molecule has 25 heavy (non-hydrogen) atoms. The normalized spacial score (nSPS) is 14.2. The number of nitrogens with zero attached hydrogens (tertiary/aromatic N) is 1. The number of hydrogen-bond acceptors (Lipinski definition) is 3. The van der Waals surface area contributed by atoms with Gasteiger partial charge in [0.25, 0.3) is 5.91 Å². The van der Waals surface area contributed by atoms with Crippen molar-refractivity contribution in [2.45, 2.75) is 33.1 Å². The largest absolute Gasteiger partial charge is 0.483 e. The first-order valence-electron chi connectivity index (χ1n) is 8.97. The number of benzene rings is 2. The lowest BCUT2D eigenvalue weighted by atomic mass is 10.1. The molecule has 2 aromatic carbocycles. The van der Waals surface area contributed by atoms with Crippen LogP contribution in [0.15, 0.2) is 42.5 Å². The summed E-state index contributed by atoms with van der Waals surface area (Å²) in [4.78, 5) is 14.7. The molecule has 4 heteroatoms. The summed E-state index contributed by atoms with van der Waals surface area (Å²) in [5.41, 5.74) is 4.19. The maximum Gasteiger partial charge on any atom is 0.262 e. The fraction of sp³-hybridized carbons (Fsp3) is 0.381. The van der Waals surface area contributed by atoms with Gasteiger partial charge in [-0.05, 0) is 56.9 Å². The monoisotopic (exact) mass is 338 g/mol. The summed E-state index contributed by atoms with van der Waals surface area (Å²) >= 11 is 0. The van der Waals surface area contributed by atoms with Crippen molar-refractivity contribution in [1.82, 2.24) is 0 Å². The molecule has 0 aromatic heterocycles. The highest BCUT2D eigenvalue weighted by molar-refractivity contribution is 5.95. The molecule has 0 atom stereocenters. The van der Waals surface area contributed by atoms with Crippen LogP contribution in [-0.2, 0) is 4.79 Å². The van der Waals surface area contributed by atoms with E-state index >= 15 is 0 Å². The van der Waals surface area contributed by atoms with Crippen LogP contribution < -0.4 is 15.0 Å². The molecule has 0 aliphatic carbocycles. The van der Waals surface area contributed by atoms with E-state index in [0.29, 0.717) is 0 Å². The number of para-hydroxylation sites is 2. The predicted octanol–water partition coefficient (Wildman–Crippen LogP) is 4.31. The Morgan fingerprint density at radius 1 is 1.08 bits per heavy atom. The van der Waals surface area contributed by atoms with Gasteiger partial charge in [0.05, 0.1) is 11.4 Å². The van der Waals surface area contributed by atoms with Crippen LogP contribution in [0.2, 0.25) is 0 Å². The van der Waals surface area contributed by atoms with Crippen molar-refractivity contribution in [3.8, 4) is 5.75 Å². The lowest BCUT2D eigenvalue weighted by molar-refractivity contribution is -0.118. The fourth-order valence-electron chi connectivity index (χ4n) is 3.28. The Kier molecular flexibility index (Phi) is 5.59. The van der Waals surface area contributed by atoms with Gasteiger partial charge in [-0.2, -0.15) is 0 Å². The number of rotatable bonds is 5. The van der Waals surface area contributed by atoms with E-state index in [-0.39, 0.29) is 12.5 Å². The van der Waals surface area contributed by atoms with Crippen LogP contribution >= 0.6 is 0 Å². The Labute approximate surface area is 149 Å². The van der Waals surface area contributed by atoms with Crippen molar-refractivity contribution in [2.75, 3.05) is 29.9 Å². The topological polar surface area (TPSA) is 41.6 Å². The number of piperidine rings is 1. The number of carbonyl (C=O) groups excluding carboxylic acids is 1. The molecule has 0 bridgehead atoms. The van der Waals surface area contributed by atoms with Crippen molar-refractivity contribution in [2.24, 2.45) is 0 Å². The third-order valence-corrected chi connectivity index (χ3v) is 4.56. The molecule has 1 aliphatic rings. The molecular weight excluding hydrogens is 312 g/mol. The van der Waals surface area contributed by atoms with Crippen molar-refractivity contribution in [1.29, 1.82) is 0 Å². The molecule has 1 amide bonds. The molecule has 0 spiro atoms. The van der Waals surface area contributed by atoms with E-state index in [2.05, 4.69) is 22.3 Å². The van der Waals surface area contributed by atoms with E-state index in [1.54, 1.807) is 0 Å². The zero-order valence-electron chi connectivity index (χ0n) is 15.0. The van der Waals surface area contributed by atoms with Crippen LogP contribution in [0.1, 0.15) is 30.4 Å². The standard InChI is InChI=1S/C21H26N2O2/c1-16-10-11-20(17(2)14-16)25-15-21(24)22-18-8-4-5-9-19(18)23-12-6-3-7-13-23/h4-5,8-11,14H,3,6-7,12-13,15H2,1-2H3,(H,22,24). The van der Waals surface area contributed by atoms with Gasteiger partial charge < -0.3 is 15.0 Å². The highest BCUT2D eigenvalue weighted by Gasteiger charge is 2.15. The zero-order chi connectivity index (χ0) is 17.6. The van der Waals surface area contributed by atoms with Gasteiger partial charge >= 0.3 is 0 Å². The highest BCUT2D eigenvalue weighted by Crippen LogP contribution is 2.28. The highest BCUT2D eigenvalue weighted by atomic mass is 16.5. The van der Waals surface area contributed by atoms with Crippen LogP contribution in [0.4, 0.5) is 11.4 Å². The molecule has 0 saturated carbocycles. The van der Waals surface area contributed by atoms with E-state index in [0.717, 1.165) is 35.8 Å². The average molecular weight is 338 g/mol. The molecular formula is C21H26N2O2. The minimum Gasteiger partial charge on any atom is -0.483 e. The Hall–Kier alpha value is -2.49. The Balaban J connectivity index is 1.63. The second kappa shape index (κ2) is 8.06. The van der Waals surface area contributed by atoms with E-state index < -0.39 is 0 Å². The zero-order valence-corrected chi connectivity index (χ0v) is 15.0. The number of anilines is 2. The molecule has 1 heterocycles. The van der Waals surface area contributed by atoms with Crippen LogP contribution in [-0.4, -0.2) is 25.6 Å². The summed E-state index contributed by atoms with van der Waals surface area (Å²) in [5.74, 6) is 0.620. The number of hydrogen-bond donors (Lipinski definition) is 1. The van der Waals surface area contributed by atoms with Gasteiger partial charge in [0.1, 0.15) is 5.75 Å². The van der Waals surface area contributed by atoms with Crippen LogP contribution in [0.3, 0.4) is 0 Å². The molecule has 0 radical (unpaired) electrons. The smallest absolute Gasteiger partial charge is 0.262 e. The average Bonchev–Trinajstić information content (AvgIpc) is 2.62. The second-order valence-corrected chi connectivity index (χ2v) is 6.67. The fourth-order valence-corrected chi connectivity index (χ4v) is 3.28. The molecule has 3 rings (SSSR count). The molecule has 1 fully saturated rings. The molecule has 4 nitrogen and oxygen atoms in total. The number of carbonyl (C=O) groups is 1. The predicted molar refractivity (Wildman–Crippen MR) is 103 cm³/mol. The Bertz CT molecular complexity index is 736. The molecule has 1 N–H and O–H groups in total. The van der Waals surface area contributed by atoms with Gasteiger partial charge in [-0.15, -0.1) is 0 Å². The first-order chi connectivity index (χ1) is 12.1. The summed E-state index contributed by atoms with van der Waals surface area (Å²) in [5, 5.41) is 3.00. The summed E-state index contributed by atoms with van der Waals surface area (Å²) in [6.45, 7) is 6.14. The van der Waals surface area contributed by atoms with Crippen LogP contribution in [0, 0.1) is 13.8 Å². The number of nitrogens with one attached hydrogen (secondary N) is 1. The SMILES string of the molecule is Cc1ccc(OCC(=O)Nc2ccccc2N2CCCCC2)c(C)c1. The van der Waals surface area contributed by atoms with E-state index in [4.69, 9.17) is 4.74 Å². The van der Waals surface area contributed by atoms with E-state index in [1.165, 1.54) is 24.8 Å². The van der Waals surface area contributed by atoms with Crippen molar-refractivity contribution in [3.63, 3.8) is 0 Å². The third-order valence-electron chi connectivity index (χ3n) is 4.56. The Morgan fingerprint density at radius 2 is 1.84 bits per heavy atom. The van der Waals surface area contributed by atoms with Crippen molar-refractivity contribution >= 4 is 17.3 Å². The van der Waals surface area contributed by atoms with Crippen molar-refractivity contribution < 1.29 is 9.53 Å². The van der Waals surface area contributed by atoms with Crippen molar-refractivity contribution in [3.05, 3.63) is 53.6 Å². The molecule has 1 aliphatic heterocycles. The summed E-state index contributed by atoms with van der Waals surface area (Å²) in [7, 11) is 0. The maximum atomic E-state index is 12.3. The maximum absolute atomic E-state index is 12.3. The summed E-state index contributed by atoms with van der Waals surface area (Å²) < 4.78 is 5.69. The van der Waals surface area contributed by atoms with E-state index in [1.807, 2.05) is 44.2 Å². The van der Waals surface area contributed by atoms with Gasteiger partial charge in [-0.25, -0.2) is 0 Å². The number of aryl methyl sites for hydroxylation is 2. The lowest BCUT2D eigenvalue weighted by Gasteiger charge is -2.30. The van der Waals surface area contributed by atoms with Crippen LogP contribution in [0.5, 0.6) is 5.75 Å². The second-order valence-electron chi connectivity index (χ2n) is 6.67. The van der Waals surface area contributed by atoms with Gasteiger partial charge in [0.2, 0.25) is 0 Å². The number of ether oxygens (including phenoxy) is 1. The third kappa shape index (κ3) is 4.53. The summed E-state index contributed by atoms with van der Waals surface area (Å²) in [6, 6.07) is 14.0. The first kappa shape index (κ1) is 17.3. The summed E-state index contributed by atoms with van der Waals surface area (Å²) in [6.07, 6.45) is 3.70. The van der Waals surface area contributed by atoms with E-state index in [9.17, 15) is 4.79 Å². The number of amides is 1. The molecule has 132 valence electrons. The molecule has 0 unspecified atom stereocenters. The minimum atomic E-state index is -0.135. The van der Waals surface area contributed by atoms with Gasteiger partial charge in [-0.3, -0.25) is 4.79 Å².